The zero-order chi connectivity index (χ0) is 58.5. The standard InChI is InChI=1S/C75H140O6/c1-4-7-10-13-16-19-22-25-28-30-32-34-35-36-37-38-39-40-41-42-44-45-47-50-53-56-59-62-65-68-74(77)80-71-72(70-79-73(76)67-64-61-58-55-52-49-27-24-21-18-15-12-9-6-3)81-75(78)69-66-63-60-57-54-51-48-46-43-33-31-29-26-23-20-17-14-11-8-5-2/h15,18,24,27,30,32,72H,4-14,16-17,19-23,25-26,28-29,31,33-71H2,1-3H3/b18-15-,27-24-,32-30-. The van der Waals surface area contributed by atoms with E-state index in [4.69, 9.17) is 14.2 Å². The maximum absolute atomic E-state index is 13.0. The first-order valence-corrected chi connectivity index (χ1v) is 36.5. The second-order valence-corrected chi connectivity index (χ2v) is 24.9. The van der Waals surface area contributed by atoms with Crippen molar-refractivity contribution in [3.05, 3.63) is 36.5 Å². The van der Waals surface area contributed by atoms with Gasteiger partial charge in [-0.3, -0.25) is 14.4 Å². The molecular weight excluding hydrogens is 997 g/mol. The molecule has 0 spiro atoms. The van der Waals surface area contributed by atoms with Crippen molar-refractivity contribution in [3.8, 4) is 0 Å². The summed E-state index contributed by atoms with van der Waals surface area (Å²) in [6, 6.07) is 0. The highest BCUT2D eigenvalue weighted by Gasteiger charge is 2.19. The van der Waals surface area contributed by atoms with Crippen LogP contribution in [-0.2, 0) is 28.6 Å². The second kappa shape index (κ2) is 70.1. The molecule has 0 saturated carbocycles. The van der Waals surface area contributed by atoms with Crippen LogP contribution in [0.25, 0.3) is 0 Å². The van der Waals surface area contributed by atoms with Crippen LogP contribution in [0.15, 0.2) is 36.5 Å². The van der Waals surface area contributed by atoms with Crippen molar-refractivity contribution in [2.45, 2.75) is 412 Å². The SMILES string of the molecule is CCCC/C=C\C/C=C\CCCCCCCC(=O)OCC(COC(=O)CCCCCCCCCCCCCCCCCCC/C=C\CCCCCCCCCC)OC(=O)CCCCCCCCCCCCCCCCCCCCCC. The first-order valence-electron chi connectivity index (χ1n) is 36.5. The van der Waals surface area contributed by atoms with Gasteiger partial charge in [-0.15, -0.1) is 0 Å². The van der Waals surface area contributed by atoms with Crippen molar-refractivity contribution in [3.63, 3.8) is 0 Å². The fourth-order valence-corrected chi connectivity index (χ4v) is 11.1. The number of esters is 3. The van der Waals surface area contributed by atoms with Gasteiger partial charge < -0.3 is 14.2 Å². The minimum atomic E-state index is -0.776. The predicted molar refractivity (Wildman–Crippen MR) is 353 cm³/mol. The molecule has 0 N–H and O–H groups in total. The van der Waals surface area contributed by atoms with Gasteiger partial charge >= 0.3 is 17.9 Å². The molecule has 6 nitrogen and oxygen atoms in total. The monoisotopic (exact) mass is 1140 g/mol. The third-order valence-electron chi connectivity index (χ3n) is 16.6. The molecule has 0 fully saturated rings. The van der Waals surface area contributed by atoms with Crippen LogP contribution < -0.4 is 0 Å². The Bertz CT molecular complexity index is 1350. The van der Waals surface area contributed by atoms with Gasteiger partial charge in [0.05, 0.1) is 0 Å². The summed E-state index contributed by atoms with van der Waals surface area (Å²) in [5.74, 6) is -0.855. The average Bonchev–Trinajstić information content (AvgIpc) is 3.47. The Labute approximate surface area is 506 Å². The summed E-state index contributed by atoms with van der Waals surface area (Å²) in [5.41, 5.74) is 0. The molecule has 0 bridgehead atoms. The first-order chi connectivity index (χ1) is 40.0. The summed E-state index contributed by atoms with van der Waals surface area (Å²) in [6.07, 6.45) is 87.6. The number of unbranched alkanes of at least 4 members (excludes halogenated alkanes) is 51. The molecule has 0 heterocycles. The molecular formula is C75H140O6. The Balaban J connectivity index is 4.20. The van der Waals surface area contributed by atoms with E-state index < -0.39 is 6.10 Å². The van der Waals surface area contributed by atoms with E-state index in [2.05, 4.69) is 57.2 Å². The average molecular weight is 1140 g/mol. The van der Waals surface area contributed by atoms with Crippen LogP contribution in [0.4, 0.5) is 0 Å². The van der Waals surface area contributed by atoms with Crippen LogP contribution in [0.1, 0.15) is 406 Å². The quantitative estimate of drug-likeness (QED) is 0.0261. The van der Waals surface area contributed by atoms with Crippen LogP contribution in [0.5, 0.6) is 0 Å². The fourth-order valence-electron chi connectivity index (χ4n) is 11.1. The number of hydrogen-bond acceptors (Lipinski definition) is 6. The van der Waals surface area contributed by atoms with Crippen molar-refractivity contribution in [2.24, 2.45) is 0 Å². The number of rotatable bonds is 68. The normalized spacial score (nSPS) is 12.2. The molecule has 81 heavy (non-hydrogen) atoms. The van der Waals surface area contributed by atoms with E-state index >= 15 is 0 Å². The van der Waals surface area contributed by atoms with Gasteiger partial charge in [-0.25, -0.2) is 0 Å². The summed E-state index contributed by atoms with van der Waals surface area (Å²) in [5, 5.41) is 0. The van der Waals surface area contributed by atoms with Crippen molar-refractivity contribution in [2.75, 3.05) is 13.2 Å². The Hall–Kier alpha value is -2.37. The molecule has 0 rings (SSSR count). The van der Waals surface area contributed by atoms with E-state index in [0.717, 1.165) is 77.0 Å². The fraction of sp³-hybridized carbons (Fsp3) is 0.880. The molecule has 0 aromatic heterocycles. The van der Waals surface area contributed by atoms with E-state index in [1.165, 1.54) is 289 Å². The molecule has 1 unspecified atom stereocenters. The van der Waals surface area contributed by atoms with E-state index in [1.54, 1.807) is 0 Å². The molecule has 6 heteroatoms. The molecule has 476 valence electrons. The van der Waals surface area contributed by atoms with Crippen LogP contribution in [0.2, 0.25) is 0 Å². The first kappa shape index (κ1) is 78.6. The molecule has 0 aliphatic rings. The Morgan fingerprint density at radius 1 is 0.247 bits per heavy atom. The smallest absolute Gasteiger partial charge is 0.306 e. The van der Waals surface area contributed by atoms with E-state index in [-0.39, 0.29) is 31.1 Å². The third kappa shape index (κ3) is 68.3. The van der Waals surface area contributed by atoms with Crippen LogP contribution in [0, 0.1) is 0 Å². The predicted octanol–water partition coefficient (Wildman–Crippen LogP) is 25.1. The number of ether oxygens (including phenoxy) is 3. The highest BCUT2D eigenvalue weighted by Crippen LogP contribution is 2.19. The Morgan fingerprint density at radius 3 is 0.728 bits per heavy atom. The summed E-state index contributed by atoms with van der Waals surface area (Å²) >= 11 is 0. The van der Waals surface area contributed by atoms with Gasteiger partial charge in [-0.2, -0.15) is 0 Å². The molecule has 0 aliphatic carbocycles. The zero-order valence-corrected chi connectivity index (χ0v) is 54.8. The van der Waals surface area contributed by atoms with Crippen molar-refractivity contribution < 1.29 is 28.6 Å². The van der Waals surface area contributed by atoms with Crippen molar-refractivity contribution in [1.29, 1.82) is 0 Å². The molecule has 0 saturated heterocycles. The lowest BCUT2D eigenvalue weighted by Gasteiger charge is -2.18. The molecule has 0 radical (unpaired) electrons. The third-order valence-corrected chi connectivity index (χ3v) is 16.6. The number of carbonyl (C=O) groups excluding carboxylic acids is 3. The van der Waals surface area contributed by atoms with Gasteiger partial charge in [0.25, 0.3) is 0 Å². The summed E-state index contributed by atoms with van der Waals surface area (Å²) in [6.45, 7) is 6.67. The van der Waals surface area contributed by atoms with Gasteiger partial charge in [-0.05, 0) is 70.6 Å². The summed E-state index contributed by atoms with van der Waals surface area (Å²) < 4.78 is 17.0. The maximum Gasteiger partial charge on any atom is 0.306 e. The lowest BCUT2D eigenvalue weighted by molar-refractivity contribution is -0.167. The second-order valence-electron chi connectivity index (χ2n) is 24.9. The van der Waals surface area contributed by atoms with Gasteiger partial charge in [0.15, 0.2) is 6.10 Å². The van der Waals surface area contributed by atoms with Gasteiger partial charge in [0.2, 0.25) is 0 Å². The van der Waals surface area contributed by atoms with E-state index in [0.29, 0.717) is 19.3 Å². The summed E-state index contributed by atoms with van der Waals surface area (Å²) in [4.78, 5) is 38.4. The van der Waals surface area contributed by atoms with Gasteiger partial charge in [0, 0.05) is 19.3 Å². The Morgan fingerprint density at radius 2 is 0.457 bits per heavy atom. The zero-order valence-electron chi connectivity index (χ0n) is 54.8. The number of carbonyl (C=O) groups is 3. The lowest BCUT2D eigenvalue weighted by atomic mass is 10.0. The molecule has 0 aromatic rings. The molecule has 1 atom stereocenters. The Kier molecular flexibility index (Phi) is 68.1. The van der Waals surface area contributed by atoms with Crippen molar-refractivity contribution in [1.82, 2.24) is 0 Å². The summed E-state index contributed by atoms with van der Waals surface area (Å²) in [7, 11) is 0. The lowest BCUT2D eigenvalue weighted by Crippen LogP contribution is -2.30. The molecule has 0 aromatic carbocycles. The number of hydrogen-bond donors (Lipinski definition) is 0. The largest absolute Gasteiger partial charge is 0.462 e. The van der Waals surface area contributed by atoms with Crippen LogP contribution >= 0.6 is 0 Å². The van der Waals surface area contributed by atoms with E-state index in [1.807, 2.05) is 0 Å². The van der Waals surface area contributed by atoms with Gasteiger partial charge in [0.1, 0.15) is 13.2 Å². The number of allylic oxidation sites excluding steroid dienone is 6. The topological polar surface area (TPSA) is 78.9 Å². The minimum Gasteiger partial charge on any atom is -0.462 e. The molecule has 0 amide bonds. The van der Waals surface area contributed by atoms with Crippen LogP contribution in [-0.4, -0.2) is 37.2 Å². The van der Waals surface area contributed by atoms with Gasteiger partial charge in [-0.1, -0.05) is 353 Å². The maximum atomic E-state index is 13.0. The minimum absolute atomic E-state index is 0.0710. The highest BCUT2D eigenvalue weighted by molar-refractivity contribution is 5.71. The molecule has 0 aliphatic heterocycles. The van der Waals surface area contributed by atoms with Crippen LogP contribution in [0.3, 0.4) is 0 Å². The van der Waals surface area contributed by atoms with E-state index in [9.17, 15) is 14.4 Å². The highest BCUT2D eigenvalue weighted by atomic mass is 16.6. The van der Waals surface area contributed by atoms with Crippen molar-refractivity contribution >= 4 is 17.9 Å².